The van der Waals surface area contributed by atoms with E-state index in [1.54, 1.807) is 29.6 Å². The van der Waals surface area contributed by atoms with Gasteiger partial charge in [-0.15, -0.1) is 0 Å². The molecular formula is C18H18ClN7O. The Balaban J connectivity index is 1.41. The van der Waals surface area contributed by atoms with Gasteiger partial charge in [0.1, 0.15) is 12.7 Å². The summed E-state index contributed by atoms with van der Waals surface area (Å²) in [6.07, 6.45) is 4.62. The van der Waals surface area contributed by atoms with Gasteiger partial charge in [-0.05, 0) is 30.3 Å². The molecule has 0 atom stereocenters. The zero-order chi connectivity index (χ0) is 18.6. The van der Waals surface area contributed by atoms with Gasteiger partial charge in [-0.1, -0.05) is 17.7 Å². The highest BCUT2D eigenvalue weighted by Crippen LogP contribution is 2.21. The van der Waals surface area contributed by atoms with Crippen LogP contribution < -0.4 is 10.2 Å². The fourth-order valence-electron chi connectivity index (χ4n) is 3.03. The van der Waals surface area contributed by atoms with Crippen molar-refractivity contribution < 1.29 is 4.79 Å². The average molecular weight is 384 g/mol. The molecule has 0 bridgehead atoms. The third kappa shape index (κ3) is 3.85. The predicted octanol–water partition coefficient (Wildman–Crippen LogP) is 2.67. The smallest absolute Gasteiger partial charge is 0.322 e. The van der Waals surface area contributed by atoms with E-state index in [1.165, 1.54) is 11.0 Å². The van der Waals surface area contributed by atoms with E-state index < -0.39 is 0 Å². The molecule has 4 rings (SSSR count). The number of hydrogen-bond acceptors (Lipinski definition) is 5. The molecule has 2 amide bonds. The molecule has 2 aromatic heterocycles. The van der Waals surface area contributed by atoms with Gasteiger partial charge in [-0.2, -0.15) is 5.10 Å². The average Bonchev–Trinajstić information content (AvgIpc) is 3.23. The van der Waals surface area contributed by atoms with Crippen LogP contribution in [0.3, 0.4) is 0 Å². The third-order valence-corrected chi connectivity index (χ3v) is 4.64. The van der Waals surface area contributed by atoms with E-state index >= 15 is 0 Å². The Kier molecular flexibility index (Phi) is 4.88. The lowest BCUT2D eigenvalue weighted by molar-refractivity contribution is 0.208. The molecule has 1 N–H and O–H groups in total. The number of rotatable bonds is 3. The van der Waals surface area contributed by atoms with Gasteiger partial charge in [0.15, 0.2) is 5.82 Å². The highest BCUT2D eigenvalue weighted by atomic mass is 35.5. The number of urea groups is 1. The van der Waals surface area contributed by atoms with Crippen LogP contribution >= 0.6 is 11.6 Å². The second-order valence-electron chi connectivity index (χ2n) is 6.10. The van der Waals surface area contributed by atoms with Crippen LogP contribution in [-0.2, 0) is 0 Å². The number of amides is 2. The van der Waals surface area contributed by atoms with Crippen molar-refractivity contribution >= 4 is 29.0 Å². The van der Waals surface area contributed by atoms with Crippen LogP contribution in [0.4, 0.5) is 16.2 Å². The maximum Gasteiger partial charge on any atom is 0.322 e. The SMILES string of the molecule is O=C(Nc1cccnc1-n1cncn1)N1CCN(c2cccc(Cl)c2)CC1. The summed E-state index contributed by atoms with van der Waals surface area (Å²) in [4.78, 5) is 24.9. The summed E-state index contributed by atoms with van der Waals surface area (Å²) in [5.41, 5.74) is 1.66. The molecule has 27 heavy (non-hydrogen) atoms. The van der Waals surface area contributed by atoms with Crippen LogP contribution in [-0.4, -0.2) is 56.9 Å². The number of aromatic nitrogens is 4. The minimum Gasteiger partial charge on any atom is -0.368 e. The number of piperazine rings is 1. The molecule has 1 aliphatic heterocycles. The van der Waals surface area contributed by atoms with Crippen LogP contribution in [0.1, 0.15) is 0 Å². The molecule has 9 heteroatoms. The topological polar surface area (TPSA) is 79.2 Å². The minimum absolute atomic E-state index is 0.157. The summed E-state index contributed by atoms with van der Waals surface area (Å²) in [5, 5.41) is 7.72. The normalized spacial score (nSPS) is 14.3. The first kappa shape index (κ1) is 17.3. The minimum atomic E-state index is -0.157. The van der Waals surface area contributed by atoms with Gasteiger partial charge < -0.3 is 15.1 Å². The lowest BCUT2D eigenvalue weighted by Crippen LogP contribution is -2.50. The molecule has 1 saturated heterocycles. The summed E-state index contributed by atoms with van der Waals surface area (Å²) in [6, 6.07) is 11.2. The van der Waals surface area contributed by atoms with E-state index in [0.29, 0.717) is 29.6 Å². The van der Waals surface area contributed by atoms with Gasteiger partial charge >= 0.3 is 6.03 Å². The number of benzene rings is 1. The fourth-order valence-corrected chi connectivity index (χ4v) is 3.21. The summed E-state index contributed by atoms with van der Waals surface area (Å²) in [6.45, 7) is 2.74. The van der Waals surface area contributed by atoms with Gasteiger partial charge in [-0.25, -0.2) is 19.4 Å². The second-order valence-corrected chi connectivity index (χ2v) is 6.54. The summed E-state index contributed by atoms with van der Waals surface area (Å²) >= 11 is 6.07. The molecule has 138 valence electrons. The highest BCUT2D eigenvalue weighted by molar-refractivity contribution is 6.30. The van der Waals surface area contributed by atoms with Crippen LogP contribution in [0.25, 0.3) is 5.82 Å². The van der Waals surface area contributed by atoms with Crippen molar-refractivity contribution in [2.24, 2.45) is 0 Å². The zero-order valence-corrected chi connectivity index (χ0v) is 15.3. The monoisotopic (exact) mass is 383 g/mol. The number of carbonyl (C=O) groups excluding carboxylic acids is 1. The van der Waals surface area contributed by atoms with E-state index in [9.17, 15) is 4.79 Å². The molecule has 0 unspecified atom stereocenters. The number of carbonyl (C=O) groups is 1. The van der Waals surface area contributed by atoms with E-state index in [1.807, 2.05) is 24.3 Å². The lowest BCUT2D eigenvalue weighted by Gasteiger charge is -2.36. The van der Waals surface area contributed by atoms with Crippen molar-refractivity contribution in [2.45, 2.75) is 0 Å². The highest BCUT2D eigenvalue weighted by Gasteiger charge is 2.22. The Morgan fingerprint density at radius 2 is 1.96 bits per heavy atom. The standard InChI is InChI=1S/C18H18ClN7O/c19-14-3-1-4-15(11-14)24-7-9-25(10-8-24)18(27)23-16-5-2-6-21-17(16)26-13-20-12-22-26/h1-6,11-13H,7-10H2,(H,23,27). The molecule has 3 aromatic rings. The first-order valence-electron chi connectivity index (χ1n) is 8.57. The van der Waals surface area contributed by atoms with Gasteiger partial charge in [0, 0.05) is 43.1 Å². The first-order chi connectivity index (χ1) is 13.2. The summed E-state index contributed by atoms with van der Waals surface area (Å²) < 4.78 is 1.52. The Hall–Kier alpha value is -3.13. The van der Waals surface area contributed by atoms with Crippen LogP contribution in [0.2, 0.25) is 5.02 Å². The number of anilines is 2. The Morgan fingerprint density at radius 3 is 2.70 bits per heavy atom. The largest absolute Gasteiger partial charge is 0.368 e. The Morgan fingerprint density at radius 1 is 1.11 bits per heavy atom. The van der Waals surface area contributed by atoms with Crippen LogP contribution in [0, 0.1) is 0 Å². The van der Waals surface area contributed by atoms with Gasteiger partial charge in [0.25, 0.3) is 0 Å². The quantitative estimate of drug-likeness (QED) is 0.752. The van der Waals surface area contributed by atoms with Crippen molar-refractivity contribution in [3.63, 3.8) is 0 Å². The van der Waals surface area contributed by atoms with Crippen molar-refractivity contribution in [1.82, 2.24) is 24.6 Å². The van der Waals surface area contributed by atoms with Crippen LogP contribution in [0.15, 0.2) is 55.2 Å². The van der Waals surface area contributed by atoms with E-state index in [4.69, 9.17) is 11.6 Å². The molecule has 0 aliphatic carbocycles. The fraction of sp³-hybridized carbons (Fsp3) is 0.222. The number of nitrogens with one attached hydrogen (secondary N) is 1. The molecule has 1 aliphatic rings. The number of pyridine rings is 1. The molecule has 0 spiro atoms. The van der Waals surface area contributed by atoms with Gasteiger partial charge in [0.2, 0.25) is 0 Å². The van der Waals surface area contributed by atoms with Crippen LogP contribution in [0.5, 0.6) is 0 Å². The van der Waals surface area contributed by atoms with E-state index in [0.717, 1.165) is 18.8 Å². The van der Waals surface area contributed by atoms with E-state index in [-0.39, 0.29) is 6.03 Å². The van der Waals surface area contributed by atoms with Crippen molar-refractivity contribution in [3.05, 3.63) is 60.3 Å². The predicted molar refractivity (Wildman–Crippen MR) is 103 cm³/mol. The maximum atomic E-state index is 12.7. The molecule has 1 aromatic carbocycles. The first-order valence-corrected chi connectivity index (χ1v) is 8.95. The second kappa shape index (κ2) is 7.63. The van der Waals surface area contributed by atoms with Crippen molar-refractivity contribution in [2.75, 3.05) is 36.4 Å². The maximum absolute atomic E-state index is 12.7. The summed E-state index contributed by atoms with van der Waals surface area (Å²) in [7, 11) is 0. The molecular weight excluding hydrogens is 366 g/mol. The summed E-state index contributed by atoms with van der Waals surface area (Å²) in [5.74, 6) is 0.529. The molecule has 3 heterocycles. The number of hydrogen-bond donors (Lipinski definition) is 1. The molecule has 1 fully saturated rings. The van der Waals surface area contributed by atoms with Gasteiger partial charge in [0.05, 0.1) is 5.69 Å². The molecule has 0 radical (unpaired) electrons. The van der Waals surface area contributed by atoms with E-state index in [2.05, 4.69) is 25.3 Å². The molecule has 8 nitrogen and oxygen atoms in total. The Labute approximate surface area is 161 Å². The number of halogens is 1. The molecule has 0 saturated carbocycles. The zero-order valence-electron chi connectivity index (χ0n) is 14.5. The number of nitrogens with zero attached hydrogens (tertiary/aromatic N) is 6. The lowest BCUT2D eigenvalue weighted by atomic mass is 10.2. The Bertz CT molecular complexity index is 923. The third-order valence-electron chi connectivity index (χ3n) is 4.40. The van der Waals surface area contributed by atoms with Crippen molar-refractivity contribution in [1.29, 1.82) is 0 Å². The van der Waals surface area contributed by atoms with Gasteiger partial charge in [-0.3, -0.25) is 0 Å². The van der Waals surface area contributed by atoms with Crippen molar-refractivity contribution in [3.8, 4) is 5.82 Å².